The molecule has 0 heterocycles. The summed E-state index contributed by atoms with van der Waals surface area (Å²) in [7, 11) is -3.77. The quantitative estimate of drug-likeness (QED) is 0.477. The minimum absolute atomic E-state index is 0.896. The van der Waals surface area contributed by atoms with E-state index in [4.69, 9.17) is 4.55 Å². The molecule has 0 aliphatic rings. The van der Waals surface area contributed by atoms with Crippen molar-refractivity contribution in [3.63, 3.8) is 0 Å². The van der Waals surface area contributed by atoms with E-state index < -0.39 is 26.2 Å². The van der Waals surface area contributed by atoms with Crippen LogP contribution in [0.15, 0.2) is 0 Å². The summed E-state index contributed by atoms with van der Waals surface area (Å²) in [5, 5.41) is 3.46. The average Bonchev–Trinajstić information content (AvgIpc) is 1.21. The third-order valence-electron chi connectivity index (χ3n) is 0.265. The monoisotopic (exact) mass is 159 g/mol. The van der Waals surface area contributed by atoms with Gasteiger partial charge in [0.05, 0.1) is 0 Å². The molecule has 5 nitrogen and oxygen atoms in total. The van der Waals surface area contributed by atoms with Gasteiger partial charge in [-0.25, -0.2) is 17.8 Å². The fourth-order valence-corrected chi connectivity index (χ4v) is 1.26. The molecule has 0 saturated carbocycles. The van der Waals surface area contributed by atoms with Crippen LogP contribution in [0.25, 0.3) is 0 Å². The molecule has 0 spiro atoms. The van der Waals surface area contributed by atoms with E-state index in [9.17, 15) is 12.6 Å². The Morgan fingerprint density at radius 2 is 2.00 bits per heavy atom. The molecule has 0 bridgehead atoms. The van der Waals surface area contributed by atoms with E-state index in [-0.39, 0.29) is 0 Å². The van der Waals surface area contributed by atoms with Crippen LogP contribution in [0.1, 0.15) is 0 Å². The molecule has 0 rings (SSSR count). The van der Waals surface area contributed by atoms with Crippen molar-refractivity contribution in [3.8, 4) is 0 Å². The van der Waals surface area contributed by atoms with E-state index in [0.717, 1.165) is 0 Å². The van der Waals surface area contributed by atoms with Crippen molar-refractivity contribution in [2.75, 3.05) is 5.08 Å². The predicted octanol–water partition coefficient (Wildman–Crippen LogP) is -1.55. The van der Waals surface area contributed by atoms with Gasteiger partial charge in [0.25, 0.3) is 0 Å². The van der Waals surface area contributed by atoms with Gasteiger partial charge in [-0.05, 0) is 0 Å². The smallest absolute Gasteiger partial charge is 0.223 e. The van der Waals surface area contributed by atoms with Gasteiger partial charge in [0.2, 0.25) is 10.0 Å². The van der Waals surface area contributed by atoms with E-state index >= 15 is 0 Å². The maximum atomic E-state index is 9.87. The fraction of sp³-hybridized carbons (Fsp3) is 1.00. The van der Waals surface area contributed by atoms with Gasteiger partial charge in [0.1, 0.15) is 0 Å². The van der Waals surface area contributed by atoms with Gasteiger partial charge in [-0.1, -0.05) is 0 Å². The Balaban J connectivity index is 3.95. The van der Waals surface area contributed by atoms with Crippen molar-refractivity contribution in [3.05, 3.63) is 0 Å². The van der Waals surface area contributed by atoms with Crippen molar-refractivity contribution < 1.29 is 17.2 Å². The van der Waals surface area contributed by atoms with Gasteiger partial charge in [-0.2, -0.15) is 0 Å². The number of hydrogen-bond donors (Lipinski definition) is 2. The lowest BCUT2D eigenvalue weighted by Gasteiger charge is -1.87. The highest BCUT2D eigenvalue weighted by molar-refractivity contribution is 8.01. The second-order valence-electron chi connectivity index (χ2n) is 1.10. The molecule has 0 aromatic carbocycles. The van der Waals surface area contributed by atoms with Gasteiger partial charge >= 0.3 is 0 Å². The van der Waals surface area contributed by atoms with Crippen LogP contribution in [0.4, 0.5) is 0 Å². The molecule has 0 saturated heterocycles. The largest absolute Gasteiger partial charge is 0.305 e. The maximum Gasteiger partial charge on any atom is 0.223 e. The predicted molar refractivity (Wildman–Crippen MR) is 28.7 cm³/mol. The van der Waals surface area contributed by atoms with Crippen LogP contribution in [0.5, 0.6) is 0 Å². The van der Waals surface area contributed by atoms with Crippen LogP contribution in [0, 0.1) is 0 Å². The highest BCUT2D eigenvalue weighted by Crippen LogP contribution is 1.79. The summed E-state index contributed by atoms with van der Waals surface area (Å²) in [6, 6.07) is 0. The highest BCUT2D eigenvalue weighted by Gasteiger charge is 2.05. The standard InChI is InChI=1S/CH5NO4S2/c2-8(5,6)1-7(3)4/h1H2,(H,3,4)(H2,2,5,6). The molecule has 1 atom stereocenters. The molecule has 0 aliphatic carbocycles. The van der Waals surface area contributed by atoms with Gasteiger partial charge in [0.15, 0.2) is 16.2 Å². The minimum atomic E-state index is -3.77. The molecular formula is CH5NO4S2. The van der Waals surface area contributed by atoms with Crippen LogP contribution in [0.3, 0.4) is 0 Å². The molecule has 1 unspecified atom stereocenters. The molecule has 0 aromatic heterocycles. The molecule has 8 heavy (non-hydrogen) atoms. The van der Waals surface area contributed by atoms with E-state index in [1.54, 1.807) is 0 Å². The SMILES string of the molecule is NS(=O)(=O)CS(=O)O. The second kappa shape index (κ2) is 2.53. The van der Waals surface area contributed by atoms with Crippen molar-refractivity contribution in [2.24, 2.45) is 5.14 Å². The lowest BCUT2D eigenvalue weighted by molar-refractivity contribution is 0.565. The first-order valence-corrected chi connectivity index (χ1v) is 4.49. The van der Waals surface area contributed by atoms with Crippen molar-refractivity contribution in [1.29, 1.82) is 0 Å². The summed E-state index contributed by atoms with van der Waals surface area (Å²) >= 11 is -2.35. The zero-order valence-electron chi connectivity index (χ0n) is 3.77. The second-order valence-corrected chi connectivity index (χ2v) is 4.01. The van der Waals surface area contributed by atoms with E-state index in [1.165, 1.54) is 0 Å². The number of rotatable bonds is 2. The third kappa shape index (κ3) is 6.02. The number of hydrogen-bond acceptors (Lipinski definition) is 3. The first-order valence-electron chi connectivity index (χ1n) is 1.50. The molecule has 50 valence electrons. The zero-order valence-corrected chi connectivity index (χ0v) is 5.41. The lowest BCUT2D eigenvalue weighted by atomic mass is 11.9. The van der Waals surface area contributed by atoms with Crippen LogP contribution in [-0.2, 0) is 21.1 Å². The molecule has 0 radical (unpaired) electrons. The van der Waals surface area contributed by atoms with Crippen molar-refractivity contribution >= 4 is 21.1 Å². The molecule has 0 aromatic rings. The lowest BCUT2D eigenvalue weighted by Crippen LogP contribution is -2.19. The summed E-state index contributed by atoms with van der Waals surface area (Å²) in [5.74, 6) is 0. The number of nitrogens with two attached hydrogens (primary N) is 1. The Kier molecular flexibility index (Phi) is 2.54. The van der Waals surface area contributed by atoms with Crippen LogP contribution in [0.2, 0.25) is 0 Å². The summed E-state index contributed by atoms with van der Waals surface area (Å²) in [4.78, 5) is 0. The maximum absolute atomic E-state index is 9.87. The zero-order chi connectivity index (χ0) is 6.78. The average molecular weight is 159 g/mol. The fourth-order valence-electron chi connectivity index (χ4n) is 0.141. The molecule has 3 N–H and O–H groups in total. The van der Waals surface area contributed by atoms with Gasteiger partial charge < -0.3 is 4.55 Å². The molecular weight excluding hydrogens is 154 g/mol. The van der Waals surface area contributed by atoms with Gasteiger partial charge in [-0.3, -0.25) is 0 Å². The summed E-state index contributed by atoms with van der Waals surface area (Å²) < 4.78 is 37.3. The Morgan fingerprint density at radius 3 is 2.00 bits per heavy atom. The van der Waals surface area contributed by atoms with Crippen LogP contribution >= 0.6 is 0 Å². The van der Waals surface area contributed by atoms with Crippen molar-refractivity contribution in [2.45, 2.75) is 0 Å². The Hall–Kier alpha value is 0.0200. The molecule has 0 aliphatic heterocycles. The third-order valence-corrected chi connectivity index (χ3v) is 2.39. The van der Waals surface area contributed by atoms with Crippen molar-refractivity contribution in [1.82, 2.24) is 0 Å². The van der Waals surface area contributed by atoms with Crippen LogP contribution in [-0.4, -0.2) is 22.3 Å². The highest BCUT2D eigenvalue weighted by atomic mass is 32.3. The summed E-state index contributed by atoms with van der Waals surface area (Å²) in [6.07, 6.45) is 0. The first kappa shape index (κ1) is 8.02. The van der Waals surface area contributed by atoms with Crippen LogP contribution < -0.4 is 5.14 Å². The van der Waals surface area contributed by atoms with E-state index in [2.05, 4.69) is 5.14 Å². The van der Waals surface area contributed by atoms with E-state index in [0.29, 0.717) is 0 Å². The summed E-state index contributed by atoms with van der Waals surface area (Å²) in [5.41, 5.74) is 0. The van der Waals surface area contributed by atoms with E-state index in [1.807, 2.05) is 0 Å². The molecule has 7 heteroatoms. The van der Waals surface area contributed by atoms with Gasteiger partial charge in [-0.15, -0.1) is 0 Å². The molecule has 0 fully saturated rings. The first-order chi connectivity index (χ1) is 3.42. The Morgan fingerprint density at radius 1 is 1.62 bits per heavy atom. The topological polar surface area (TPSA) is 97.5 Å². The number of primary sulfonamides is 1. The summed E-state index contributed by atoms with van der Waals surface area (Å²) in [6.45, 7) is 0. The number of sulfonamides is 1. The Bertz CT molecular complexity index is 180. The minimum Gasteiger partial charge on any atom is -0.305 e. The normalized spacial score (nSPS) is 15.8. The molecule has 0 amide bonds. The van der Waals surface area contributed by atoms with Gasteiger partial charge in [0, 0.05) is 0 Å². The Labute approximate surface area is 49.2 Å².